The van der Waals surface area contributed by atoms with Crippen LogP contribution in [0.15, 0.2) is 18.2 Å². The minimum atomic E-state index is -0.485. The van der Waals surface area contributed by atoms with Crippen LogP contribution in [0.25, 0.3) is 0 Å². The van der Waals surface area contributed by atoms with Crippen molar-refractivity contribution in [1.82, 2.24) is 5.32 Å². The maximum Gasteiger partial charge on any atom is 0.270 e. The van der Waals surface area contributed by atoms with Crippen LogP contribution < -0.4 is 5.32 Å². The van der Waals surface area contributed by atoms with Crippen molar-refractivity contribution in [1.29, 1.82) is 0 Å². The van der Waals surface area contributed by atoms with E-state index in [9.17, 15) is 14.9 Å². The second-order valence-corrected chi connectivity index (χ2v) is 5.92. The third kappa shape index (κ3) is 3.65. The second kappa shape index (κ2) is 6.31. The molecule has 0 aliphatic heterocycles. The summed E-state index contributed by atoms with van der Waals surface area (Å²) in [6, 6.07) is 4.34. The fourth-order valence-corrected chi connectivity index (χ4v) is 2.65. The molecule has 0 atom stereocenters. The Morgan fingerprint density at radius 3 is 2.79 bits per heavy atom. The predicted octanol–water partition coefficient (Wildman–Crippen LogP) is 3.12. The maximum atomic E-state index is 12.0. The standard InChI is InChI=1S/C13H15IN2O3/c14-12-5-4-10(16(18)19)8-11(12)13(17)15-7-6-9-2-1-3-9/h4-5,8-9H,1-3,6-7H2,(H,15,17). The first-order valence-electron chi connectivity index (χ1n) is 6.30. The van der Waals surface area contributed by atoms with Crippen molar-refractivity contribution >= 4 is 34.2 Å². The number of carbonyl (C=O) groups excluding carboxylic acids is 1. The molecule has 6 heteroatoms. The monoisotopic (exact) mass is 374 g/mol. The number of halogens is 1. The number of non-ortho nitro benzene ring substituents is 1. The van der Waals surface area contributed by atoms with Crippen molar-refractivity contribution in [3.05, 3.63) is 37.4 Å². The second-order valence-electron chi connectivity index (χ2n) is 4.76. The van der Waals surface area contributed by atoms with E-state index >= 15 is 0 Å². The molecule has 102 valence electrons. The first-order valence-corrected chi connectivity index (χ1v) is 7.38. The van der Waals surface area contributed by atoms with Crippen LogP contribution in [-0.4, -0.2) is 17.4 Å². The molecule has 0 aromatic heterocycles. The molecule has 5 nitrogen and oxygen atoms in total. The summed E-state index contributed by atoms with van der Waals surface area (Å²) in [5.41, 5.74) is 0.327. The zero-order valence-corrected chi connectivity index (χ0v) is 12.6. The zero-order chi connectivity index (χ0) is 13.8. The van der Waals surface area contributed by atoms with Crippen molar-refractivity contribution in [2.75, 3.05) is 6.54 Å². The average Bonchev–Trinajstić information content (AvgIpc) is 2.32. The summed E-state index contributed by atoms with van der Waals surface area (Å²) >= 11 is 2.02. The number of rotatable bonds is 5. The van der Waals surface area contributed by atoms with Crippen molar-refractivity contribution in [2.24, 2.45) is 5.92 Å². The Labute approximate surface area is 125 Å². The molecule has 0 spiro atoms. The quantitative estimate of drug-likeness (QED) is 0.489. The van der Waals surface area contributed by atoms with E-state index in [2.05, 4.69) is 5.32 Å². The SMILES string of the molecule is O=C(NCCC1CCC1)c1cc([N+](=O)[O-])ccc1I. The molecule has 1 aromatic carbocycles. The summed E-state index contributed by atoms with van der Waals surface area (Å²) in [4.78, 5) is 22.2. The fourth-order valence-electron chi connectivity index (χ4n) is 2.07. The molecule has 1 aliphatic carbocycles. The highest BCUT2D eigenvalue weighted by Crippen LogP contribution is 2.28. The molecule has 0 heterocycles. The summed E-state index contributed by atoms with van der Waals surface area (Å²) in [6.07, 6.45) is 4.80. The number of nitrogens with zero attached hydrogens (tertiary/aromatic N) is 1. The van der Waals surface area contributed by atoms with Crippen molar-refractivity contribution in [2.45, 2.75) is 25.7 Å². The van der Waals surface area contributed by atoms with Crippen molar-refractivity contribution in [3.63, 3.8) is 0 Å². The van der Waals surface area contributed by atoms with Gasteiger partial charge in [-0.15, -0.1) is 0 Å². The third-order valence-electron chi connectivity index (χ3n) is 3.47. The van der Waals surface area contributed by atoms with Crippen LogP contribution in [0.3, 0.4) is 0 Å². The summed E-state index contributed by atoms with van der Waals surface area (Å²) in [6.45, 7) is 0.641. The van der Waals surface area contributed by atoms with Crippen LogP contribution in [0.5, 0.6) is 0 Å². The van der Waals surface area contributed by atoms with E-state index in [1.165, 1.54) is 31.4 Å². The molecule has 2 rings (SSSR count). The Kier molecular flexibility index (Phi) is 4.73. The molecule has 0 radical (unpaired) electrons. The smallest absolute Gasteiger partial charge is 0.270 e. The van der Waals surface area contributed by atoms with Crippen LogP contribution in [0.4, 0.5) is 5.69 Å². The number of hydrogen-bond acceptors (Lipinski definition) is 3. The molecule has 1 amide bonds. The highest BCUT2D eigenvalue weighted by atomic mass is 127. The molecule has 1 aromatic rings. The molecule has 0 bridgehead atoms. The zero-order valence-electron chi connectivity index (χ0n) is 10.4. The Bertz CT molecular complexity index is 501. The van der Waals surface area contributed by atoms with Crippen molar-refractivity contribution in [3.8, 4) is 0 Å². The number of nitro benzene ring substituents is 1. The van der Waals surface area contributed by atoms with Gasteiger partial charge in [0.1, 0.15) is 0 Å². The van der Waals surface area contributed by atoms with Crippen LogP contribution in [0.2, 0.25) is 0 Å². The molecule has 1 N–H and O–H groups in total. The van der Waals surface area contributed by atoms with Gasteiger partial charge in [0.05, 0.1) is 10.5 Å². The molecule has 0 saturated heterocycles. The maximum absolute atomic E-state index is 12.0. The van der Waals surface area contributed by atoms with Crippen LogP contribution in [0.1, 0.15) is 36.0 Å². The topological polar surface area (TPSA) is 72.2 Å². The molecule has 1 saturated carbocycles. The van der Waals surface area contributed by atoms with Gasteiger partial charge in [-0.1, -0.05) is 19.3 Å². The summed E-state index contributed by atoms with van der Waals surface area (Å²) in [5.74, 6) is 0.511. The van der Waals surface area contributed by atoms with Gasteiger partial charge in [-0.2, -0.15) is 0 Å². The van der Waals surface area contributed by atoms with Gasteiger partial charge in [-0.05, 0) is 41.0 Å². The fraction of sp³-hybridized carbons (Fsp3) is 0.462. The normalized spacial score (nSPS) is 14.8. The molecule has 0 unspecified atom stereocenters. The summed E-state index contributed by atoms with van der Waals surface area (Å²) < 4.78 is 0.726. The number of benzene rings is 1. The Balaban J connectivity index is 1.96. The van der Waals surface area contributed by atoms with E-state index in [4.69, 9.17) is 0 Å². The van der Waals surface area contributed by atoms with Gasteiger partial charge >= 0.3 is 0 Å². The van der Waals surface area contributed by atoms with Crippen molar-refractivity contribution < 1.29 is 9.72 Å². The predicted molar refractivity (Wildman–Crippen MR) is 80.1 cm³/mol. The van der Waals surface area contributed by atoms with E-state index in [0.717, 1.165) is 15.9 Å². The number of nitrogens with one attached hydrogen (secondary N) is 1. The van der Waals surface area contributed by atoms with E-state index in [0.29, 0.717) is 12.1 Å². The lowest BCUT2D eigenvalue weighted by atomic mass is 9.83. The highest BCUT2D eigenvalue weighted by molar-refractivity contribution is 14.1. The Morgan fingerprint density at radius 1 is 1.47 bits per heavy atom. The molecule has 1 aliphatic rings. The van der Waals surface area contributed by atoms with E-state index in [1.807, 2.05) is 22.6 Å². The lowest BCUT2D eigenvalue weighted by molar-refractivity contribution is -0.384. The Morgan fingerprint density at radius 2 is 2.21 bits per heavy atom. The van der Waals surface area contributed by atoms with Gasteiger partial charge in [-0.25, -0.2) is 0 Å². The van der Waals surface area contributed by atoms with Crippen LogP contribution in [-0.2, 0) is 0 Å². The summed E-state index contributed by atoms with van der Waals surface area (Å²) in [7, 11) is 0. The largest absolute Gasteiger partial charge is 0.352 e. The lowest BCUT2D eigenvalue weighted by Gasteiger charge is -2.25. The Hall–Kier alpha value is -1.18. The third-order valence-corrected chi connectivity index (χ3v) is 4.41. The van der Waals surface area contributed by atoms with E-state index in [1.54, 1.807) is 6.07 Å². The number of amides is 1. The van der Waals surface area contributed by atoms with Gasteiger partial charge in [0.25, 0.3) is 11.6 Å². The molecule has 19 heavy (non-hydrogen) atoms. The molecule has 1 fully saturated rings. The highest BCUT2D eigenvalue weighted by Gasteiger charge is 2.18. The van der Waals surface area contributed by atoms with Crippen LogP contribution in [0, 0.1) is 19.6 Å². The van der Waals surface area contributed by atoms with Gasteiger partial charge < -0.3 is 5.32 Å². The average molecular weight is 374 g/mol. The van der Waals surface area contributed by atoms with Crippen LogP contribution >= 0.6 is 22.6 Å². The minimum Gasteiger partial charge on any atom is -0.352 e. The number of nitro groups is 1. The molecular weight excluding hydrogens is 359 g/mol. The van der Waals surface area contributed by atoms with E-state index < -0.39 is 4.92 Å². The first kappa shape index (κ1) is 14.2. The van der Waals surface area contributed by atoms with Gasteiger partial charge in [0, 0.05) is 22.2 Å². The lowest BCUT2D eigenvalue weighted by Crippen LogP contribution is -2.28. The van der Waals surface area contributed by atoms with Gasteiger partial charge in [0.15, 0.2) is 0 Å². The van der Waals surface area contributed by atoms with E-state index in [-0.39, 0.29) is 11.6 Å². The number of hydrogen-bond donors (Lipinski definition) is 1. The molecular formula is C13H15IN2O3. The van der Waals surface area contributed by atoms with Gasteiger partial charge in [-0.3, -0.25) is 14.9 Å². The summed E-state index contributed by atoms with van der Waals surface area (Å²) in [5, 5.41) is 13.5. The minimum absolute atomic E-state index is 0.0513. The number of carbonyl (C=O) groups is 1. The first-order chi connectivity index (χ1) is 9.08. The van der Waals surface area contributed by atoms with Gasteiger partial charge in [0.2, 0.25) is 0 Å².